The average molecular weight is 370 g/mol. The number of nitro groups is 1. The summed E-state index contributed by atoms with van der Waals surface area (Å²) < 4.78 is 0.915. The Labute approximate surface area is 102 Å². The number of rotatable bonds is 2. The Balaban J connectivity index is 3.58. The van der Waals surface area contributed by atoms with E-state index >= 15 is 0 Å². The molecule has 6 heteroatoms. The van der Waals surface area contributed by atoms with Crippen LogP contribution in [0.3, 0.4) is 0 Å². The predicted octanol–water partition coefficient (Wildman–Crippen LogP) is 3.16. The van der Waals surface area contributed by atoms with Crippen LogP contribution in [0.2, 0.25) is 0 Å². The normalized spacial score (nSPS) is 9.93. The molecule has 0 saturated carbocycles. The number of halogens is 2. The summed E-state index contributed by atoms with van der Waals surface area (Å²) in [5.41, 5.74) is -0.00521. The zero-order valence-corrected chi connectivity index (χ0v) is 10.8. The maximum Gasteiger partial charge on any atom is 0.294 e. The van der Waals surface area contributed by atoms with E-state index in [-0.39, 0.29) is 17.0 Å². The number of nitro benzene ring substituents is 1. The molecule has 0 N–H and O–H groups in total. The van der Waals surface area contributed by atoms with E-state index in [0.29, 0.717) is 8.04 Å². The predicted molar refractivity (Wildman–Crippen MR) is 63.5 cm³/mol. The number of hydrogen-bond acceptors (Lipinski definition) is 3. The highest BCUT2D eigenvalue weighted by molar-refractivity contribution is 14.1. The van der Waals surface area contributed by atoms with Crippen LogP contribution in [0.25, 0.3) is 0 Å². The number of hydrogen-bond donors (Lipinski definition) is 0. The van der Waals surface area contributed by atoms with Crippen molar-refractivity contribution in [2.24, 2.45) is 0 Å². The van der Waals surface area contributed by atoms with Crippen molar-refractivity contribution in [1.29, 1.82) is 0 Å². The van der Waals surface area contributed by atoms with Crippen molar-refractivity contribution in [3.8, 4) is 0 Å². The topological polar surface area (TPSA) is 60.2 Å². The van der Waals surface area contributed by atoms with Crippen molar-refractivity contribution in [1.82, 2.24) is 0 Å². The Morgan fingerprint density at radius 3 is 2.50 bits per heavy atom. The fraction of sp³-hybridized carbons (Fsp3) is 0.125. The molecule has 0 amide bonds. The highest BCUT2D eigenvalue weighted by Crippen LogP contribution is 2.31. The average Bonchev–Trinajstić information content (AvgIpc) is 2.07. The Morgan fingerprint density at radius 1 is 1.57 bits per heavy atom. The van der Waals surface area contributed by atoms with E-state index in [1.54, 1.807) is 12.1 Å². The van der Waals surface area contributed by atoms with Gasteiger partial charge in [0.2, 0.25) is 0 Å². The first-order chi connectivity index (χ1) is 6.45. The molecule has 0 spiro atoms. The van der Waals surface area contributed by atoms with Gasteiger partial charge in [0, 0.05) is 4.47 Å². The molecule has 0 unspecified atom stereocenters. The summed E-state index contributed by atoms with van der Waals surface area (Å²) in [6.07, 6.45) is 0. The van der Waals surface area contributed by atoms with Crippen LogP contribution in [0.4, 0.5) is 5.69 Å². The molecule has 0 bridgehead atoms. The van der Waals surface area contributed by atoms with Gasteiger partial charge in [0.05, 0.1) is 8.49 Å². The standard InChI is InChI=1S/C8H5BrINO3/c1-4(12)7-5(9)2-3-6(10)8(7)11(13)14/h2-3H,1H3. The zero-order valence-electron chi connectivity index (χ0n) is 7.08. The number of nitrogens with zero attached hydrogens (tertiary/aromatic N) is 1. The summed E-state index contributed by atoms with van der Waals surface area (Å²) >= 11 is 4.96. The van der Waals surface area contributed by atoms with E-state index in [0.717, 1.165) is 0 Å². The summed E-state index contributed by atoms with van der Waals surface area (Å²) in [4.78, 5) is 21.4. The second-order valence-corrected chi connectivity index (χ2v) is 4.58. The fourth-order valence-electron chi connectivity index (χ4n) is 1.05. The lowest BCUT2D eigenvalue weighted by Crippen LogP contribution is -2.03. The molecule has 1 aromatic carbocycles. The third-order valence-corrected chi connectivity index (χ3v) is 3.14. The molecule has 74 valence electrons. The highest BCUT2D eigenvalue weighted by atomic mass is 127. The Bertz CT molecular complexity index is 380. The van der Waals surface area contributed by atoms with Gasteiger partial charge >= 0.3 is 0 Å². The molecule has 1 aromatic rings. The lowest BCUT2D eigenvalue weighted by molar-refractivity contribution is -0.386. The third-order valence-electron chi connectivity index (χ3n) is 1.61. The van der Waals surface area contributed by atoms with Crippen LogP contribution in [0.1, 0.15) is 17.3 Å². The fourth-order valence-corrected chi connectivity index (χ4v) is 2.30. The minimum absolute atomic E-state index is 0.127. The first-order valence-electron chi connectivity index (χ1n) is 3.58. The molecule has 0 atom stereocenters. The van der Waals surface area contributed by atoms with Crippen molar-refractivity contribution in [2.75, 3.05) is 0 Å². The van der Waals surface area contributed by atoms with Gasteiger partial charge in [-0.2, -0.15) is 0 Å². The number of carbonyl (C=O) groups excluding carboxylic acids is 1. The molecule has 0 radical (unpaired) electrons. The molecule has 0 aliphatic rings. The smallest absolute Gasteiger partial charge is 0.294 e. The monoisotopic (exact) mass is 369 g/mol. The number of carbonyl (C=O) groups is 1. The van der Waals surface area contributed by atoms with Crippen LogP contribution in [0.15, 0.2) is 16.6 Å². The summed E-state index contributed by atoms with van der Waals surface area (Å²) in [6, 6.07) is 3.22. The lowest BCUT2D eigenvalue weighted by atomic mass is 10.1. The van der Waals surface area contributed by atoms with Crippen LogP contribution in [0, 0.1) is 13.7 Å². The molecule has 1 rings (SSSR count). The molecule has 0 heterocycles. The molecular formula is C8H5BrINO3. The van der Waals surface area contributed by atoms with Gasteiger partial charge in [-0.1, -0.05) is 0 Å². The van der Waals surface area contributed by atoms with E-state index in [9.17, 15) is 14.9 Å². The minimum atomic E-state index is -0.538. The number of Topliss-reactive ketones (excluding diaryl/α,β-unsaturated/α-hetero) is 1. The van der Waals surface area contributed by atoms with E-state index in [1.165, 1.54) is 6.92 Å². The Hall–Kier alpha value is -0.500. The molecular weight excluding hydrogens is 365 g/mol. The van der Waals surface area contributed by atoms with Crippen molar-refractivity contribution >= 4 is 50.0 Å². The van der Waals surface area contributed by atoms with Gasteiger partial charge in [-0.25, -0.2) is 0 Å². The van der Waals surface area contributed by atoms with E-state index in [2.05, 4.69) is 15.9 Å². The van der Waals surface area contributed by atoms with Crippen molar-refractivity contribution < 1.29 is 9.72 Å². The third kappa shape index (κ3) is 2.11. The van der Waals surface area contributed by atoms with Crippen molar-refractivity contribution in [3.05, 3.63) is 35.9 Å². The summed E-state index contributed by atoms with van der Waals surface area (Å²) in [5.74, 6) is -0.318. The zero-order chi connectivity index (χ0) is 10.9. The SMILES string of the molecule is CC(=O)c1c(Br)ccc(I)c1[N+](=O)[O-]. The van der Waals surface area contributed by atoms with Crippen LogP contribution in [0.5, 0.6) is 0 Å². The van der Waals surface area contributed by atoms with Gasteiger partial charge in [-0.05, 0) is 57.6 Å². The van der Waals surface area contributed by atoms with E-state index in [4.69, 9.17) is 0 Å². The lowest BCUT2D eigenvalue weighted by Gasteiger charge is -2.03. The molecule has 14 heavy (non-hydrogen) atoms. The van der Waals surface area contributed by atoms with Gasteiger partial charge < -0.3 is 0 Å². The van der Waals surface area contributed by atoms with Gasteiger partial charge in [0.15, 0.2) is 5.78 Å². The molecule has 0 aliphatic heterocycles. The van der Waals surface area contributed by atoms with Gasteiger partial charge in [0.25, 0.3) is 5.69 Å². The van der Waals surface area contributed by atoms with E-state index < -0.39 is 4.92 Å². The summed E-state index contributed by atoms with van der Waals surface area (Å²) in [7, 11) is 0. The maximum absolute atomic E-state index is 11.2. The van der Waals surface area contributed by atoms with Gasteiger partial charge in [-0.15, -0.1) is 0 Å². The minimum Gasteiger partial charge on any atom is -0.294 e. The van der Waals surface area contributed by atoms with Gasteiger partial charge in [0.1, 0.15) is 5.56 Å². The molecule has 0 saturated heterocycles. The van der Waals surface area contributed by atoms with E-state index in [1.807, 2.05) is 22.6 Å². The quantitative estimate of drug-likeness (QED) is 0.348. The largest absolute Gasteiger partial charge is 0.294 e. The Kier molecular flexibility index (Phi) is 3.59. The molecule has 0 aromatic heterocycles. The molecule has 4 nitrogen and oxygen atoms in total. The van der Waals surface area contributed by atoms with Crippen LogP contribution in [-0.2, 0) is 0 Å². The summed E-state index contributed by atoms with van der Waals surface area (Å²) in [5, 5.41) is 10.7. The van der Waals surface area contributed by atoms with Crippen molar-refractivity contribution in [3.63, 3.8) is 0 Å². The first kappa shape index (κ1) is 11.6. The Morgan fingerprint density at radius 2 is 2.14 bits per heavy atom. The van der Waals surface area contributed by atoms with Crippen molar-refractivity contribution in [2.45, 2.75) is 6.92 Å². The second-order valence-electron chi connectivity index (χ2n) is 2.57. The van der Waals surface area contributed by atoms with Crippen LogP contribution < -0.4 is 0 Å². The second kappa shape index (κ2) is 4.35. The first-order valence-corrected chi connectivity index (χ1v) is 5.45. The van der Waals surface area contributed by atoms with Crippen LogP contribution >= 0.6 is 38.5 Å². The summed E-state index contributed by atoms with van der Waals surface area (Å²) in [6.45, 7) is 1.31. The molecule has 0 aliphatic carbocycles. The highest BCUT2D eigenvalue weighted by Gasteiger charge is 2.23. The number of benzene rings is 1. The molecule has 0 fully saturated rings. The van der Waals surface area contributed by atoms with Crippen LogP contribution in [-0.4, -0.2) is 10.7 Å². The maximum atomic E-state index is 11.2. The van der Waals surface area contributed by atoms with Gasteiger partial charge in [-0.3, -0.25) is 14.9 Å². The number of ketones is 1.